The van der Waals surface area contributed by atoms with Crippen molar-refractivity contribution in [3.8, 4) is 11.5 Å². The number of nitrogens with one attached hydrogen (secondary N) is 2. The predicted molar refractivity (Wildman–Crippen MR) is 92.0 cm³/mol. The molecule has 0 bridgehead atoms. The summed E-state index contributed by atoms with van der Waals surface area (Å²) in [6, 6.07) is 4.60. The zero-order valence-electron chi connectivity index (χ0n) is 13.9. The van der Waals surface area contributed by atoms with E-state index in [2.05, 4.69) is 20.6 Å². The molecule has 1 aromatic carbocycles. The van der Waals surface area contributed by atoms with Crippen LogP contribution in [0.1, 0.15) is 19.4 Å². The van der Waals surface area contributed by atoms with Crippen molar-refractivity contribution >= 4 is 23.0 Å². The second-order valence-electron chi connectivity index (χ2n) is 4.88. The van der Waals surface area contributed by atoms with E-state index >= 15 is 0 Å². The number of nitrogens with zero attached hydrogens (tertiary/aromatic N) is 1. The van der Waals surface area contributed by atoms with E-state index in [9.17, 15) is 8.78 Å². The summed E-state index contributed by atoms with van der Waals surface area (Å²) in [6.45, 7) is 1.25. The van der Waals surface area contributed by atoms with Gasteiger partial charge in [0, 0.05) is 18.7 Å². The Morgan fingerprint density at radius 3 is 2.58 bits per heavy atom. The number of methoxy groups -OCH3 is 2. The van der Waals surface area contributed by atoms with Gasteiger partial charge in [0.2, 0.25) is 0 Å². The third-order valence-electron chi connectivity index (χ3n) is 2.92. The minimum atomic E-state index is -2.92. The number of ether oxygens (including phenoxy) is 3. The average Bonchev–Trinajstić information content (AvgIpc) is 2.52. The highest BCUT2D eigenvalue weighted by atomic mass is 32.1. The Morgan fingerprint density at radius 2 is 2.00 bits per heavy atom. The first kappa shape index (κ1) is 20.0. The van der Waals surface area contributed by atoms with Crippen molar-refractivity contribution in [3.63, 3.8) is 0 Å². The first-order valence-corrected chi connectivity index (χ1v) is 7.51. The lowest BCUT2D eigenvalue weighted by molar-refractivity contribution is -0.0512. The summed E-state index contributed by atoms with van der Waals surface area (Å²) >= 11 is 5.12. The van der Waals surface area contributed by atoms with Crippen molar-refractivity contribution in [1.82, 2.24) is 10.7 Å². The molecule has 0 fully saturated rings. The second-order valence-corrected chi connectivity index (χ2v) is 5.29. The van der Waals surface area contributed by atoms with E-state index in [0.717, 1.165) is 0 Å². The van der Waals surface area contributed by atoms with Crippen LogP contribution in [0.25, 0.3) is 0 Å². The van der Waals surface area contributed by atoms with Crippen molar-refractivity contribution in [2.24, 2.45) is 5.10 Å². The molecule has 0 aliphatic heterocycles. The Labute approximate surface area is 145 Å². The SMILES string of the molecule is COC[C@@H](C)NC(=S)N/N=C(/C)c1ccc(OC(F)F)c(OC)c1. The predicted octanol–water partition coefficient (Wildman–Crippen LogP) is 2.52. The van der Waals surface area contributed by atoms with E-state index in [1.807, 2.05) is 6.92 Å². The Kier molecular flexibility index (Phi) is 8.34. The van der Waals surface area contributed by atoms with Gasteiger partial charge in [-0.1, -0.05) is 0 Å². The molecule has 1 rings (SSSR count). The van der Waals surface area contributed by atoms with Crippen LogP contribution >= 0.6 is 12.2 Å². The quantitative estimate of drug-likeness (QED) is 0.421. The van der Waals surface area contributed by atoms with Gasteiger partial charge in [-0.3, -0.25) is 5.43 Å². The molecule has 0 saturated heterocycles. The fraction of sp³-hybridized carbons (Fsp3) is 0.467. The maximum Gasteiger partial charge on any atom is 0.387 e. The Bertz CT molecular complexity index is 585. The van der Waals surface area contributed by atoms with Crippen LogP contribution in [0.15, 0.2) is 23.3 Å². The van der Waals surface area contributed by atoms with Crippen molar-refractivity contribution < 1.29 is 23.0 Å². The molecule has 0 unspecified atom stereocenters. The molecule has 1 atom stereocenters. The summed E-state index contributed by atoms with van der Waals surface area (Å²) in [5, 5.41) is 7.50. The molecule has 24 heavy (non-hydrogen) atoms. The van der Waals surface area contributed by atoms with Gasteiger partial charge >= 0.3 is 6.61 Å². The van der Waals surface area contributed by atoms with E-state index in [0.29, 0.717) is 23.0 Å². The largest absolute Gasteiger partial charge is 0.493 e. The molecule has 0 aromatic heterocycles. The zero-order chi connectivity index (χ0) is 18.1. The summed E-state index contributed by atoms with van der Waals surface area (Å²) in [4.78, 5) is 0. The molecule has 0 spiro atoms. The average molecular weight is 361 g/mol. The van der Waals surface area contributed by atoms with Crippen molar-refractivity contribution in [2.45, 2.75) is 26.5 Å². The monoisotopic (exact) mass is 361 g/mol. The first-order chi connectivity index (χ1) is 11.4. The van der Waals surface area contributed by atoms with Gasteiger partial charge in [-0.2, -0.15) is 13.9 Å². The molecule has 1 aromatic rings. The number of rotatable bonds is 8. The van der Waals surface area contributed by atoms with Crippen molar-refractivity contribution in [1.29, 1.82) is 0 Å². The number of alkyl halides is 2. The van der Waals surface area contributed by atoms with Crippen LogP contribution in [0.5, 0.6) is 11.5 Å². The second kappa shape index (κ2) is 9.99. The molecule has 0 aliphatic rings. The molecule has 9 heteroatoms. The lowest BCUT2D eigenvalue weighted by atomic mass is 10.1. The third kappa shape index (κ3) is 6.63. The standard InChI is InChI=1S/C15H21F2N3O3S/c1-9(8-21-3)18-15(24)20-19-10(2)11-5-6-12(23-14(16)17)13(7-11)22-4/h5-7,9,14H,8H2,1-4H3,(H2,18,20,24)/b19-10-/t9-/m1/s1. The first-order valence-electron chi connectivity index (χ1n) is 7.10. The number of benzene rings is 1. The molecule has 2 N–H and O–H groups in total. The number of hydrogen-bond acceptors (Lipinski definition) is 5. The molecule has 0 radical (unpaired) electrons. The topological polar surface area (TPSA) is 64.1 Å². The third-order valence-corrected chi connectivity index (χ3v) is 3.13. The van der Waals surface area contributed by atoms with Crippen LogP contribution in [-0.2, 0) is 4.74 Å². The van der Waals surface area contributed by atoms with Gasteiger partial charge in [0.05, 0.1) is 19.4 Å². The summed E-state index contributed by atoms with van der Waals surface area (Å²) in [6.07, 6.45) is 0. The minimum absolute atomic E-state index is 0.0383. The number of halogens is 2. The number of hydrazone groups is 1. The highest BCUT2D eigenvalue weighted by Crippen LogP contribution is 2.29. The van der Waals surface area contributed by atoms with Gasteiger partial charge in [0.1, 0.15) is 0 Å². The summed E-state index contributed by atoms with van der Waals surface area (Å²) in [7, 11) is 2.98. The smallest absolute Gasteiger partial charge is 0.387 e. The van der Waals surface area contributed by atoms with E-state index in [-0.39, 0.29) is 17.5 Å². The minimum Gasteiger partial charge on any atom is -0.493 e. The fourth-order valence-corrected chi connectivity index (χ4v) is 2.08. The van der Waals surface area contributed by atoms with Crippen molar-refractivity contribution in [3.05, 3.63) is 23.8 Å². The number of thiocarbonyl (C=S) groups is 1. The normalized spacial score (nSPS) is 12.7. The van der Waals surface area contributed by atoms with Crippen LogP contribution in [0.3, 0.4) is 0 Å². The zero-order valence-corrected chi connectivity index (χ0v) is 14.7. The van der Waals surface area contributed by atoms with Gasteiger partial charge in [0.25, 0.3) is 0 Å². The molecular formula is C15H21F2N3O3S. The molecule has 0 aliphatic carbocycles. The number of hydrogen-bond donors (Lipinski definition) is 2. The van der Waals surface area contributed by atoms with Crippen LogP contribution < -0.4 is 20.2 Å². The highest BCUT2D eigenvalue weighted by Gasteiger charge is 2.12. The van der Waals surface area contributed by atoms with E-state index < -0.39 is 6.61 Å². The van der Waals surface area contributed by atoms with E-state index in [1.54, 1.807) is 26.2 Å². The van der Waals surface area contributed by atoms with Gasteiger partial charge in [-0.05, 0) is 44.3 Å². The lowest BCUT2D eigenvalue weighted by Gasteiger charge is -2.14. The fourth-order valence-electron chi connectivity index (χ4n) is 1.83. The van der Waals surface area contributed by atoms with Crippen LogP contribution in [0.2, 0.25) is 0 Å². The molecule has 0 heterocycles. The van der Waals surface area contributed by atoms with Gasteiger partial charge in [-0.15, -0.1) is 0 Å². The molecule has 0 saturated carbocycles. The summed E-state index contributed by atoms with van der Waals surface area (Å²) in [5.74, 6) is 0.152. The Hall–Kier alpha value is -2.00. The van der Waals surface area contributed by atoms with Crippen molar-refractivity contribution in [2.75, 3.05) is 20.8 Å². The Morgan fingerprint density at radius 1 is 1.29 bits per heavy atom. The van der Waals surface area contributed by atoms with Crippen LogP contribution in [0, 0.1) is 0 Å². The van der Waals surface area contributed by atoms with E-state index in [4.69, 9.17) is 21.7 Å². The molecule has 6 nitrogen and oxygen atoms in total. The molecular weight excluding hydrogens is 340 g/mol. The van der Waals surface area contributed by atoms with E-state index in [1.165, 1.54) is 13.2 Å². The summed E-state index contributed by atoms with van der Waals surface area (Å²) < 4.78 is 39.1. The van der Waals surface area contributed by atoms with Gasteiger partial charge < -0.3 is 19.5 Å². The van der Waals surface area contributed by atoms with Gasteiger partial charge in [-0.25, -0.2) is 0 Å². The van der Waals surface area contributed by atoms with Crippen LogP contribution in [0.4, 0.5) is 8.78 Å². The molecule has 0 amide bonds. The summed E-state index contributed by atoms with van der Waals surface area (Å²) in [5.41, 5.74) is 3.99. The van der Waals surface area contributed by atoms with Gasteiger partial charge in [0.15, 0.2) is 16.6 Å². The maximum atomic E-state index is 12.3. The molecule has 134 valence electrons. The van der Waals surface area contributed by atoms with Crippen LogP contribution in [-0.4, -0.2) is 44.3 Å². The lowest BCUT2D eigenvalue weighted by Crippen LogP contribution is -2.40. The Balaban J connectivity index is 2.76. The highest BCUT2D eigenvalue weighted by molar-refractivity contribution is 7.80. The maximum absolute atomic E-state index is 12.3.